The molecule has 5 heteroatoms. The van der Waals surface area contributed by atoms with E-state index >= 15 is 0 Å². The number of hydrogen-bond acceptors (Lipinski definition) is 5. The third kappa shape index (κ3) is 2.31. The zero-order chi connectivity index (χ0) is 13.9. The third-order valence-corrected chi connectivity index (χ3v) is 3.09. The monoisotopic (exact) mass is 266 g/mol. The summed E-state index contributed by atoms with van der Waals surface area (Å²) in [5, 5.41) is 3.97. The number of aromatic nitrogens is 3. The highest BCUT2D eigenvalue weighted by atomic mass is 16.5. The Morgan fingerprint density at radius 3 is 2.65 bits per heavy atom. The molecule has 5 nitrogen and oxygen atoms in total. The summed E-state index contributed by atoms with van der Waals surface area (Å²) in [6.07, 6.45) is 1.70. The van der Waals surface area contributed by atoms with E-state index in [0.29, 0.717) is 17.4 Å². The SMILES string of the molecule is Cc1cccnc1-c1noc([C@H](N)c2ccccc2)n1. The highest BCUT2D eigenvalue weighted by molar-refractivity contribution is 5.53. The standard InChI is InChI=1S/C15H14N4O/c1-10-6-5-9-17-13(10)14-18-15(20-19-14)12(16)11-7-3-2-4-8-11/h2-9,12H,16H2,1H3/t12-/m1/s1. The molecule has 0 unspecified atom stereocenters. The van der Waals surface area contributed by atoms with Crippen molar-refractivity contribution in [3.63, 3.8) is 0 Å². The summed E-state index contributed by atoms with van der Waals surface area (Å²) in [5.41, 5.74) is 8.76. The van der Waals surface area contributed by atoms with E-state index in [1.54, 1.807) is 6.20 Å². The second-order valence-corrected chi connectivity index (χ2v) is 4.51. The van der Waals surface area contributed by atoms with Crippen molar-refractivity contribution in [2.24, 2.45) is 5.73 Å². The predicted octanol–water partition coefficient (Wildman–Crippen LogP) is 2.49. The minimum atomic E-state index is -0.429. The molecule has 20 heavy (non-hydrogen) atoms. The van der Waals surface area contributed by atoms with Gasteiger partial charge in [0.2, 0.25) is 11.7 Å². The van der Waals surface area contributed by atoms with Gasteiger partial charge in [0.05, 0.1) is 0 Å². The van der Waals surface area contributed by atoms with Crippen molar-refractivity contribution in [3.05, 3.63) is 65.7 Å². The molecule has 0 bridgehead atoms. The molecule has 0 saturated heterocycles. The Morgan fingerprint density at radius 2 is 1.90 bits per heavy atom. The van der Waals surface area contributed by atoms with Crippen molar-refractivity contribution in [3.8, 4) is 11.5 Å². The van der Waals surface area contributed by atoms with Crippen LogP contribution in [0.5, 0.6) is 0 Å². The van der Waals surface area contributed by atoms with Crippen LogP contribution in [0.3, 0.4) is 0 Å². The maximum atomic E-state index is 6.13. The molecule has 1 aromatic carbocycles. The molecule has 0 aliphatic carbocycles. The van der Waals surface area contributed by atoms with Crippen LogP contribution in [0.25, 0.3) is 11.5 Å². The number of pyridine rings is 1. The van der Waals surface area contributed by atoms with Crippen LogP contribution >= 0.6 is 0 Å². The first-order valence-corrected chi connectivity index (χ1v) is 6.32. The number of nitrogens with two attached hydrogens (primary N) is 1. The van der Waals surface area contributed by atoms with Gasteiger partial charge in [0.25, 0.3) is 0 Å². The molecule has 1 atom stereocenters. The number of benzene rings is 1. The van der Waals surface area contributed by atoms with Crippen molar-refractivity contribution in [1.82, 2.24) is 15.1 Å². The van der Waals surface area contributed by atoms with Crippen LogP contribution in [0.1, 0.15) is 23.1 Å². The van der Waals surface area contributed by atoms with E-state index in [0.717, 1.165) is 11.1 Å². The van der Waals surface area contributed by atoms with Gasteiger partial charge in [-0.1, -0.05) is 41.6 Å². The van der Waals surface area contributed by atoms with Gasteiger partial charge in [-0.3, -0.25) is 4.98 Å². The summed E-state index contributed by atoms with van der Waals surface area (Å²) in [7, 11) is 0. The van der Waals surface area contributed by atoms with Crippen LogP contribution < -0.4 is 5.73 Å². The quantitative estimate of drug-likeness (QED) is 0.788. The Labute approximate surface area is 116 Å². The van der Waals surface area contributed by atoms with Gasteiger partial charge in [-0.2, -0.15) is 4.98 Å². The molecule has 3 aromatic rings. The van der Waals surface area contributed by atoms with E-state index in [4.69, 9.17) is 10.3 Å². The van der Waals surface area contributed by atoms with E-state index in [9.17, 15) is 0 Å². The smallest absolute Gasteiger partial charge is 0.248 e. The fourth-order valence-corrected chi connectivity index (χ4v) is 1.98. The van der Waals surface area contributed by atoms with E-state index in [-0.39, 0.29) is 0 Å². The lowest BCUT2D eigenvalue weighted by atomic mass is 10.1. The molecule has 2 N–H and O–H groups in total. The highest BCUT2D eigenvalue weighted by Gasteiger charge is 2.18. The Balaban J connectivity index is 1.93. The van der Waals surface area contributed by atoms with Crippen LogP contribution in [-0.2, 0) is 0 Å². The zero-order valence-corrected chi connectivity index (χ0v) is 11.0. The maximum absolute atomic E-state index is 6.13. The molecule has 0 saturated carbocycles. The van der Waals surface area contributed by atoms with Gasteiger partial charge in [-0.05, 0) is 24.1 Å². The zero-order valence-electron chi connectivity index (χ0n) is 11.0. The second-order valence-electron chi connectivity index (χ2n) is 4.51. The fourth-order valence-electron chi connectivity index (χ4n) is 1.98. The molecular formula is C15H14N4O. The minimum Gasteiger partial charge on any atom is -0.337 e. The third-order valence-electron chi connectivity index (χ3n) is 3.09. The van der Waals surface area contributed by atoms with E-state index in [1.807, 2.05) is 49.4 Å². The summed E-state index contributed by atoms with van der Waals surface area (Å²) >= 11 is 0. The van der Waals surface area contributed by atoms with Gasteiger partial charge < -0.3 is 10.3 Å². The van der Waals surface area contributed by atoms with E-state index < -0.39 is 6.04 Å². The summed E-state index contributed by atoms with van der Waals surface area (Å²) in [4.78, 5) is 8.62. The van der Waals surface area contributed by atoms with E-state index in [1.165, 1.54) is 0 Å². The largest absolute Gasteiger partial charge is 0.337 e. The fraction of sp³-hybridized carbons (Fsp3) is 0.133. The van der Waals surface area contributed by atoms with Gasteiger partial charge >= 0.3 is 0 Å². The van der Waals surface area contributed by atoms with Crippen LogP contribution in [0.4, 0.5) is 0 Å². The molecule has 0 spiro atoms. The Kier molecular flexibility index (Phi) is 3.26. The summed E-state index contributed by atoms with van der Waals surface area (Å²) in [6.45, 7) is 1.95. The average Bonchev–Trinajstić information content (AvgIpc) is 2.97. The first kappa shape index (κ1) is 12.5. The van der Waals surface area contributed by atoms with Crippen molar-refractivity contribution in [1.29, 1.82) is 0 Å². The van der Waals surface area contributed by atoms with Crippen molar-refractivity contribution in [2.45, 2.75) is 13.0 Å². The first-order chi connectivity index (χ1) is 9.75. The van der Waals surface area contributed by atoms with E-state index in [2.05, 4.69) is 15.1 Å². The van der Waals surface area contributed by atoms with Crippen LogP contribution in [0.15, 0.2) is 53.2 Å². The molecular weight excluding hydrogens is 252 g/mol. The van der Waals surface area contributed by atoms with Gasteiger partial charge in [0, 0.05) is 6.20 Å². The first-order valence-electron chi connectivity index (χ1n) is 6.32. The average molecular weight is 266 g/mol. The predicted molar refractivity (Wildman–Crippen MR) is 74.7 cm³/mol. The lowest BCUT2D eigenvalue weighted by Gasteiger charge is -2.05. The Morgan fingerprint density at radius 1 is 1.10 bits per heavy atom. The van der Waals surface area contributed by atoms with Crippen molar-refractivity contribution in [2.75, 3.05) is 0 Å². The molecule has 3 rings (SSSR count). The Bertz CT molecular complexity index is 709. The molecule has 2 heterocycles. The van der Waals surface area contributed by atoms with Crippen LogP contribution in [0, 0.1) is 6.92 Å². The molecule has 0 amide bonds. The summed E-state index contributed by atoms with van der Waals surface area (Å²) < 4.78 is 5.26. The maximum Gasteiger partial charge on any atom is 0.248 e. The Hall–Kier alpha value is -2.53. The molecule has 0 aliphatic heterocycles. The number of hydrogen-bond donors (Lipinski definition) is 1. The van der Waals surface area contributed by atoms with Crippen molar-refractivity contribution >= 4 is 0 Å². The number of nitrogens with zero attached hydrogens (tertiary/aromatic N) is 3. The molecule has 0 aliphatic rings. The normalized spacial score (nSPS) is 12.3. The van der Waals surface area contributed by atoms with Gasteiger partial charge in [-0.25, -0.2) is 0 Å². The lowest BCUT2D eigenvalue weighted by Crippen LogP contribution is -2.12. The summed E-state index contributed by atoms with van der Waals surface area (Å²) in [5.74, 6) is 0.848. The van der Waals surface area contributed by atoms with Crippen molar-refractivity contribution < 1.29 is 4.52 Å². The van der Waals surface area contributed by atoms with Crippen LogP contribution in [-0.4, -0.2) is 15.1 Å². The van der Waals surface area contributed by atoms with Crippen LogP contribution in [0.2, 0.25) is 0 Å². The second kappa shape index (κ2) is 5.22. The van der Waals surface area contributed by atoms with Gasteiger partial charge in [-0.15, -0.1) is 0 Å². The number of aryl methyl sites for hydroxylation is 1. The lowest BCUT2D eigenvalue weighted by molar-refractivity contribution is 0.367. The molecule has 2 aromatic heterocycles. The topological polar surface area (TPSA) is 77.8 Å². The molecule has 0 radical (unpaired) electrons. The number of rotatable bonds is 3. The summed E-state index contributed by atoms with van der Waals surface area (Å²) in [6, 6.07) is 13.0. The highest BCUT2D eigenvalue weighted by Crippen LogP contribution is 2.22. The van der Waals surface area contributed by atoms with Gasteiger partial charge in [0.1, 0.15) is 11.7 Å². The minimum absolute atomic E-state index is 0.385. The molecule has 100 valence electrons. The van der Waals surface area contributed by atoms with Gasteiger partial charge in [0.15, 0.2) is 0 Å². The molecule has 0 fully saturated rings.